The number of morpholine rings is 1. The minimum atomic E-state index is -0.152. The monoisotopic (exact) mass is 437 g/mol. The van der Waals surface area contributed by atoms with Crippen LogP contribution in [0.2, 0.25) is 0 Å². The molecular formula is C24H27N3O3S. The summed E-state index contributed by atoms with van der Waals surface area (Å²) >= 11 is 1.63. The molecule has 1 aromatic heterocycles. The number of nitrogens with zero attached hydrogens (tertiary/aromatic N) is 1. The summed E-state index contributed by atoms with van der Waals surface area (Å²) in [5.41, 5.74) is 4.13. The molecule has 0 atom stereocenters. The fourth-order valence-corrected chi connectivity index (χ4v) is 4.53. The lowest BCUT2D eigenvalue weighted by Crippen LogP contribution is -2.35. The summed E-state index contributed by atoms with van der Waals surface area (Å²) in [6.07, 6.45) is 7.39. The van der Waals surface area contributed by atoms with E-state index in [0.717, 1.165) is 60.3 Å². The molecule has 3 heterocycles. The summed E-state index contributed by atoms with van der Waals surface area (Å²) in [5.74, 6) is 0.694. The van der Waals surface area contributed by atoms with Crippen LogP contribution in [0.3, 0.4) is 0 Å². The van der Waals surface area contributed by atoms with Gasteiger partial charge in [0, 0.05) is 43.5 Å². The number of hydrogen-bond donors (Lipinski definition) is 2. The number of dihydropyridines is 1. The molecule has 7 heteroatoms. The van der Waals surface area contributed by atoms with Crippen molar-refractivity contribution in [2.75, 3.05) is 45.3 Å². The van der Waals surface area contributed by atoms with E-state index in [4.69, 9.17) is 9.47 Å². The van der Waals surface area contributed by atoms with Gasteiger partial charge in [-0.1, -0.05) is 18.2 Å². The highest BCUT2D eigenvalue weighted by molar-refractivity contribution is 7.11. The van der Waals surface area contributed by atoms with E-state index in [0.29, 0.717) is 6.54 Å². The summed E-state index contributed by atoms with van der Waals surface area (Å²) in [6.45, 7) is 5.07. The Balaban J connectivity index is 1.39. The molecule has 1 aromatic carbocycles. The second-order valence-electron chi connectivity index (χ2n) is 7.38. The zero-order valence-corrected chi connectivity index (χ0v) is 18.4. The van der Waals surface area contributed by atoms with Gasteiger partial charge in [-0.25, -0.2) is 0 Å². The molecule has 0 radical (unpaired) electrons. The average Bonchev–Trinajstić information content (AvgIpc) is 3.29. The van der Waals surface area contributed by atoms with Crippen LogP contribution in [0.15, 0.2) is 65.7 Å². The maximum atomic E-state index is 12.5. The van der Waals surface area contributed by atoms with E-state index < -0.39 is 0 Å². The number of nitrogens with one attached hydrogen (secondary N) is 2. The van der Waals surface area contributed by atoms with E-state index in [-0.39, 0.29) is 5.91 Å². The van der Waals surface area contributed by atoms with Gasteiger partial charge in [0.05, 0.1) is 25.2 Å². The normalized spacial score (nSPS) is 17.1. The molecule has 1 saturated heterocycles. The van der Waals surface area contributed by atoms with Crippen molar-refractivity contribution in [1.29, 1.82) is 0 Å². The number of amides is 1. The molecule has 2 N–H and O–H groups in total. The van der Waals surface area contributed by atoms with Crippen LogP contribution in [0.5, 0.6) is 5.75 Å². The van der Waals surface area contributed by atoms with Crippen LogP contribution >= 0.6 is 11.3 Å². The third kappa shape index (κ3) is 5.64. The summed E-state index contributed by atoms with van der Waals surface area (Å²) in [4.78, 5) is 15.9. The van der Waals surface area contributed by atoms with Crippen LogP contribution in [0.1, 0.15) is 10.4 Å². The highest BCUT2D eigenvalue weighted by Crippen LogP contribution is 2.35. The van der Waals surface area contributed by atoms with E-state index >= 15 is 0 Å². The van der Waals surface area contributed by atoms with E-state index in [1.54, 1.807) is 24.5 Å². The minimum Gasteiger partial charge on any atom is -0.495 e. The first kappa shape index (κ1) is 21.4. The number of carbonyl (C=O) groups is 1. The largest absolute Gasteiger partial charge is 0.495 e. The van der Waals surface area contributed by atoms with Gasteiger partial charge in [0.1, 0.15) is 5.75 Å². The van der Waals surface area contributed by atoms with Gasteiger partial charge in [-0.05, 0) is 47.0 Å². The summed E-state index contributed by atoms with van der Waals surface area (Å²) < 4.78 is 10.9. The van der Waals surface area contributed by atoms with Crippen molar-refractivity contribution in [3.8, 4) is 5.75 Å². The summed E-state index contributed by atoms with van der Waals surface area (Å²) in [5, 5.41) is 8.16. The van der Waals surface area contributed by atoms with Crippen molar-refractivity contribution in [1.82, 2.24) is 10.2 Å². The fraction of sp³-hybridized carbons (Fsp3) is 0.292. The first-order chi connectivity index (χ1) is 15.2. The van der Waals surface area contributed by atoms with E-state index in [1.807, 2.05) is 41.9 Å². The minimum absolute atomic E-state index is 0.152. The van der Waals surface area contributed by atoms with Crippen LogP contribution in [0.4, 0.5) is 5.69 Å². The second-order valence-corrected chi connectivity index (χ2v) is 8.30. The van der Waals surface area contributed by atoms with Crippen LogP contribution < -0.4 is 15.4 Å². The van der Waals surface area contributed by atoms with Gasteiger partial charge in [-0.2, -0.15) is 0 Å². The molecule has 31 heavy (non-hydrogen) atoms. The Hall–Kier alpha value is -2.87. The van der Waals surface area contributed by atoms with Crippen molar-refractivity contribution in [2.24, 2.45) is 0 Å². The van der Waals surface area contributed by atoms with E-state index in [2.05, 4.69) is 27.7 Å². The lowest BCUT2D eigenvalue weighted by molar-refractivity contribution is -0.111. The predicted octanol–water partition coefficient (Wildman–Crippen LogP) is 3.65. The second kappa shape index (κ2) is 10.4. The van der Waals surface area contributed by atoms with Gasteiger partial charge in [-0.15, -0.1) is 11.3 Å². The molecular weight excluding hydrogens is 410 g/mol. The lowest BCUT2D eigenvalue weighted by Gasteiger charge is -2.26. The smallest absolute Gasteiger partial charge is 0.248 e. The molecule has 1 amide bonds. The van der Waals surface area contributed by atoms with Gasteiger partial charge in [0.2, 0.25) is 5.91 Å². The molecule has 0 unspecified atom stereocenters. The number of thiophene rings is 1. The standard InChI is InChI=1S/C24H27N3O3S/c1-29-22-9-15-31-24(22)21-8-10-25-16-19(21)4-7-23(28)26-20-5-2-18(3-6-20)17-27-11-13-30-14-12-27/h2-10,15,25H,11-14,16-17H2,1H3,(H,26,28)/b7-4+. The van der Waals surface area contributed by atoms with Crippen LogP contribution in [-0.4, -0.2) is 50.8 Å². The molecule has 6 nitrogen and oxygen atoms in total. The van der Waals surface area contributed by atoms with E-state index in [9.17, 15) is 4.79 Å². The molecule has 0 bridgehead atoms. The van der Waals surface area contributed by atoms with Crippen LogP contribution in [0, 0.1) is 0 Å². The van der Waals surface area contributed by atoms with Crippen LogP contribution in [0.25, 0.3) is 5.57 Å². The summed E-state index contributed by atoms with van der Waals surface area (Å²) in [6, 6.07) is 9.99. The number of hydrogen-bond acceptors (Lipinski definition) is 6. The number of anilines is 1. The van der Waals surface area contributed by atoms with E-state index in [1.165, 1.54) is 5.56 Å². The van der Waals surface area contributed by atoms with Gasteiger partial charge in [-0.3, -0.25) is 9.69 Å². The number of benzene rings is 1. The highest BCUT2D eigenvalue weighted by Gasteiger charge is 2.14. The third-order valence-electron chi connectivity index (χ3n) is 5.27. The Bertz CT molecular complexity index is 986. The first-order valence-corrected chi connectivity index (χ1v) is 11.2. The van der Waals surface area contributed by atoms with Gasteiger partial charge in [0.15, 0.2) is 0 Å². The lowest BCUT2D eigenvalue weighted by atomic mass is 10.0. The molecule has 2 aliphatic rings. The number of rotatable bonds is 7. The van der Waals surface area contributed by atoms with Gasteiger partial charge >= 0.3 is 0 Å². The molecule has 1 fully saturated rings. The topological polar surface area (TPSA) is 62.8 Å². The average molecular weight is 438 g/mol. The Kier molecular flexibility index (Phi) is 7.19. The number of carbonyl (C=O) groups excluding carboxylic acids is 1. The maximum Gasteiger partial charge on any atom is 0.248 e. The van der Waals surface area contributed by atoms with Crippen LogP contribution in [-0.2, 0) is 16.1 Å². The Labute approximate surface area is 186 Å². The Morgan fingerprint density at radius 2 is 2.06 bits per heavy atom. The van der Waals surface area contributed by atoms with Crippen molar-refractivity contribution >= 4 is 28.5 Å². The third-order valence-corrected chi connectivity index (χ3v) is 6.20. The van der Waals surface area contributed by atoms with Crippen molar-refractivity contribution < 1.29 is 14.3 Å². The fourth-order valence-electron chi connectivity index (χ4n) is 3.61. The number of allylic oxidation sites excluding steroid dienone is 2. The molecule has 162 valence electrons. The van der Waals surface area contributed by atoms with Crippen molar-refractivity contribution in [3.05, 3.63) is 76.2 Å². The molecule has 0 aliphatic carbocycles. The molecule has 2 aromatic rings. The van der Waals surface area contributed by atoms with Crippen molar-refractivity contribution in [2.45, 2.75) is 6.54 Å². The molecule has 4 rings (SSSR count). The molecule has 2 aliphatic heterocycles. The highest BCUT2D eigenvalue weighted by atomic mass is 32.1. The van der Waals surface area contributed by atoms with Gasteiger partial charge < -0.3 is 20.1 Å². The molecule has 0 saturated carbocycles. The predicted molar refractivity (Wildman–Crippen MR) is 125 cm³/mol. The first-order valence-electron chi connectivity index (χ1n) is 10.4. The Morgan fingerprint density at radius 1 is 1.26 bits per heavy atom. The summed E-state index contributed by atoms with van der Waals surface area (Å²) in [7, 11) is 1.67. The zero-order valence-electron chi connectivity index (χ0n) is 17.6. The quantitative estimate of drug-likeness (QED) is 0.648. The molecule has 0 spiro atoms. The van der Waals surface area contributed by atoms with Crippen molar-refractivity contribution in [3.63, 3.8) is 0 Å². The maximum absolute atomic E-state index is 12.5. The number of ether oxygens (including phenoxy) is 2. The Morgan fingerprint density at radius 3 is 2.84 bits per heavy atom. The SMILES string of the molecule is COc1ccsc1C1=C(/C=C/C(=O)Nc2ccc(CN3CCOCC3)cc2)CNC=C1. The van der Waals surface area contributed by atoms with Gasteiger partial charge in [0.25, 0.3) is 0 Å². The zero-order chi connectivity index (χ0) is 21.5. The number of methoxy groups -OCH3 is 1.